The second kappa shape index (κ2) is 8.69. The lowest BCUT2D eigenvalue weighted by Crippen LogP contribution is -2.49. The van der Waals surface area contributed by atoms with E-state index >= 15 is 4.39 Å². The fourth-order valence-electron chi connectivity index (χ4n) is 3.94. The zero-order valence-electron chi connectivity index (χ0n) is 18.9. The SMILES string of the molecule is COc1cc(OC)c(F)c(N2Cc3cnc(Nc4ccccc4N)nc3N(CC3CC3)C2=O)c1. The fraction of sp³-hybridized carbons (Fsp3) is 0.292. The summed E-state index contributed by atoms with van der Waals surface area (Å²) in [6, 6.07) is 9.87. The number of fused-ring (bicyclic) bond motifs is 1. The summed E-state index contributed by atoms with van der Waals surface area (Å²) in [5.74, 6) is 0.973. The summed E-state index contributed by atoms with van der Waals surface area (Å²) in [5.41, 5.74) is 8.04. The van der Waals surface area contributed by atoms with Crippen LogP contribution in [0.2, 0.25) is 0 Å². The van der Waals surface area contributed by atoms with Crippen LogP contribution >= 0.6 is 0 Å². The molecule has 1 fully saturated rings. The zero-order chi connectivity index (χ0) is 23.8. The van der Waals surface area contributed by atoms with Crippen molar-refractivity contribution >= 4 is 34.9 Å². The van der Waals surface area contributed by atoms with Gasteiger partial charge in [0.2, 0.25) is 5.95 Å². The van der Waals surface area contributed by atoms with Gasteiger partial charge in [0, 0.05) is 30.4 Å². The van der Waals surface area contributed by atoms with Crippen LogP contribution in [0.1, 0.15) is 18.4 Å². The highest BCUT2D eigenvalue weighted by Crippen LogP contribution is 2.40. The van der Waals surface area contributed by atoms with Crippen molar-refractivity contribution < 1.29 is 18.7 Å². The zero-order valence-corrected chi connectivity index (χ0v) is 18.9. The Morgan fingerprint density at radius 1 is 1.21 bits per heavy atom. The fourth-order valence-corrected chi connectivity index (χ4v) is 3.94. The highest BCUT2D eigenvalue weighted by Gasteiger charge is 2.38. The van der Waals surface area contributed by atoms with Crippen LogP contribution in [0, 0.1) is 11.7 Å². The smallest absolute Gasteiger partial charge is 0.330 e. The van der Waals surface area contributed by atoms with Crippen molar-refractivity contribution in [3.63, 3.8) is 0 Å². The van der Waals surface area contributed by atoms with Crippen molar-refractivity contribution in [3.8, 4) is 11.5 Å². The number of amides is 2. The molecule has 0 atom stereocenters. The van der Waals surface area contributed by atoms with E-state index in [1.807, 2.05) is 18.2 Å². The maximum Gasteiger partial charge on any atom is 0.330 e. The van der Waals surface area contributed by atoms with Gasteiger partial charge in [-0.05, 0) is 30.9 Å². The van der Waals surface area contributed by atoms with Gasteiger partial charge in [0.05, 0.1) is 37.8 Å². The molecular weight excluding hydrogens is 439 g/mol. The molecule has 176 valence electrons. The molecule has 0 bridgehead atoms. The largest absolute Gasteiger partial charge is 0.497 e. The lowest BCUT2D eigenvalue weighted by molar-refractivity contribution is 0.249. The van der Waals surface area contributed by atoms with Crippen molar-refractivity contribution in [3.05, 3.63) is 54.0 Å². The minimum atomic E-state index is -0.634. The molecule has 2 aromatic carbocycles. The molecule has 1 saturated carbocycles. The third-order valence-corrected chi connectivity index (χ3v) is 5.97. The number of hydrogen-bond acceptors (Lipinski definition) is 7. The molecule has 34 heavy (non-hydrogen) atoms. The topological polar surface area (TPSA) is 106 Å². The average Bonchev–Trinajstić information content (AvgIpc) is 3.67. The van der Waals surface area contributed by atoms with Crippen molar-refractivity contribution in [2.45, 2.75) is 19.4 Å². The van der Waals surface area contributed by atoms with Crippen molar-refractivity contribution in [2.75, 3.05) is 41.6 Å². The predicted octanol–water partition coefficient (Wildman–Crippen LogP) is 4.32. The van der Waals surface area contributed by atoms with E-state index < -0.39 is 5.82 Å². The number of rotatable bonds is 7. The van der Waals surface area contributed by atoms with Crippen LogP contribution in [0.25, 0.3) is 0 Å². The van der Waals surface area contributed by atoms with Gasteiger partial charge in [0.25, 0.3) is 0 Å². The van der Waals surface area contributed by atoms with E-state index in [-0.39, 0.29) is 24.0 Å². The van der Waals surface area contributed by atoms with Gasteiger partial charge in [-0.15, -0.1) is 0 Å². The minimum absolute atomic E-state index is 0.00191. The van der Waals surface area contributed by atoms with Crippen LogP contribution in [-0.4, -0.2) is 36.8 Å². The summed E-state index contributed by atoms with van der Waals surface area (Å²) in [4.78, 5) is 25.7. The molecule has 2 amide bonds. The van der Waals surface area contributed by atoms with Crippen LogP contribution in [0.3, 0.4) is 0 Å². The second-order valence-electron chi connectivity index (χ2n) is 8.34. The first-order valence-corrected chi connectivity index (χ1v) is 11.0. The van der Waals surface area contributed by atoms with Gasteiger partial charge in [-0.1, -0.05) is 12.1 Å². The van der Waals surface area contributed by atoms with Gasteiger partial charge in [0.1, 0.15) is 11.6 Å². The summed E-state index contributed by atoms with van der Waals surface area (Å²) in [5, 5.41) is 3.12. The van der Waals surface area contributed by atoms with E-state index in [0.717, 1.165) is 12.8 Å². The Balaban J connectivity index is 1.54. The Hall–Kier alpha value is -4.08. The standard InChI is InChI=1S/C24H25FN6O3/c1-33-16-9-19(21(25)20(10-16)34-2)30-13-15-11-27-23(28-18-6-4-3-5-17(18)26)29-22(15)31(24(30)32)12-14-7-8-14/h3-6,9-11,14H,7-8,12-13,26H2,1-2H3,(H,27,28,29). The molecule has 1 aliphatic heterocycles. The molecule has 0 spiro atoms. The van der Waals surface area contributed by atoms with E-state index in [4.69, 9.17) is 15.2 Å². The number of nitrogens with two attached hydrogens (primary N) is 1. The van der Waals surface area contributed by atoms with Crippen LogP contribution < -0.4 is 30.3 Å². The molecule has 0 radical (unpaired) electrons. The quantitative estimate of drug-likeness (QED) is 0.502. The number of benzene rings is 2. The monoisotopic (exact) mass is 464 g/mol. The summed E-state index contributed by atoms with van der Waals surface area (Å²) < 4.78 is 25.7. The number of nitrogens with zero attached hydrogens (tertiary/aromatic N) is 4. The lowest BCUT2D eigenvalue weighted by atomic mass is 10.1. The number of ether oxygens (including phenoxy) is 2. The Bertz CT molecular complexity index is 1250. The summed E-state index contributed by atoms with van der Waals surface area (Å²) >= 11 is 0. The van der Waals surface area contributed by atoms with Gasteiger partial charge in [-0.25, -0.2) is 14.2 Å². The Labute approximate surface area is 196 Å². The van der Waals surface area contributed by atoms with Gasteiger partial charge in [-0.3, -0.25) is 9.80 Å². The average molecular weight is 465 g/mol. The predicted molar refractivity (Wildman–Crippen MR) is 127 cm³/mol. The first-order chi connectivity index (χ1) is 16.5. The molecule has 10 heteroatoms. The number of urea groups is 1. The van der Waals surface area contributed by atoms with Crippen LogP contribution in [0.5, 0.6) is 11.5 Å². The summed E-state index contributed by atoms with van der Waals surface area (Å²) in [6.07, 6.45) is 3.73. The normalized spacial score (nSPS) is 15.2. The number of methoxy groups -OCH3 is 2. The van der Waals surface area contributed by atoms with Gasteiger partial charge in [-0.2, -0.15) is 4.98 Å². The number of hydrogen-bond donors (Lipinski definition) is 2. The summed E-state index contributed by atoms with van der Waals surface area (Å²) in [7, 11) is 2.85. The molecule has 5 rings (SSSR count). The van der Waals surface area contributed by atoms with E-state index in [2.05, 4.69) is 15.3 Å². The van der Waals surface area contributed by atoms with Gasteiger partial charge in [0.15, 0.2) is 11.6 Å². The van der Waals surface area contributed by atoms with Gasteiger partial charge < -0.3 is 20.5 Å². The number of nitrogens with one attached hydrogen (secondary N) is 1. The maximum atomic E-state index is 15.2. The third-order valence-electron chi connectivity index (χ3n) is 5.97. The number of carbonyl (C=O) groups excluding carboxylic acids is 1. The van der Waals surface area contributed by atoms with Gasteiger partial charge >= 0.3 is 6.03 Å². The van der Waals surface area contributed by atoms with Crippen molar-refractivity contribution in [1.82, 2.24) is 9.97 Å². The Kier molecular flexibility index (Phi) is 5.56. The number of halogens is 1. The third kappa shape index (κ3) is 4.02. The Morgan fingerprint density at radius 2 is 2.00 bits per heavy atom. The van der Waals surface area contributed by atoms with Crippen molar-refractivity contribution in [1.29, 1.82) is 0 Å². The van der Waals surface area contributed by atoms with Crippen LogP contribution in [0.4, 0.5) is 38.0 Å². The molecule has 0 saturated heterocycles. The molecule has 1 aromatic heterocycles. The summed E-state index contributed by atoms with van der Waals surface area (Å²) in [6.45, 7) is 0.602. The van der Waals surface area contributed by atoms with Crippen LogP contribution in [0.15, 0.2) is 42.6 Å². The van der Waals surface area contributed by atoms with Crippen molar-refractivity contribution in [2.24, 2.45) is 5.92 Å². The molecular formula is C24H25FN6O3. The number of aromatic nitrogens is 2. The number of para-hydroxylation sites is 2. The molecule has 3 aromatic rings. The number of nitrogen functional groups attached to an aromatic ring is 1. The molecule has 2 heterocycles. The second-order valence-corrected chi connectivity index (χ2v) is 8.34. The maximum absolute atomic E-state index is 15.2. The highest BCUT2D eigenvalue weighted by molar-refractivity contribution is 6.05. The highest BCUT2D eigenvalue weighted by atomic mass is 19.1. The first-order valence-electron chi connectivity index (χ1n) is 11.0. The van der Waals surface area contributed by atoms with E-state index in [1.54, 1.807) is 17.2 Å². The number of carbonyl (C=O) groups is 1. The first kappa shape index (κ1) is 21.7. The van der Waals surface area contributed by atoms with E-state index in [9.17, 15) is 4.79 Å². The minimum Gasteiger partial charge on any atom is -0.497 e. The molecule has 2 aliphatic rings. The molecule has 3 N–H and O–H groups in total. The lowest BCUT2D eigenvalue weighted by Gasteiger charge is -2.36. The molecule has 1 aliphatic carbocycles. The van der Waals surface area contributed by atoms with Crippen LogP contribution in [-0.2, 0) is 6.54 Å². The number of anilines is 5. The Morgan fingerprint density at radius 3 is 2.71 bits per heavy atom. The molecule has 0 unspecified atom stereocenters. The molecule has 9 nitrogen and oxygen atoms in total. The van der Waals surface area contributed by atoms with E-state index in [0.29, 0.717) is 46.9 Å². The van der Waals surface area contributed by atoms with E-state index in [1.165, 1.54) is 31.3 Å².